The van der Waals surface area contributed by atoms with Crippen LogP contribution in [0.2, 0.25) is 0 Å². The highest BCUT2D eigenvalue weighted by Crippen LogP contribution is 2.16. The molecule has 3 nitrogen and oxygen atoms in total. The van der Waals surface area contributed by atoms with Gasteiger partial charge in [-0.25, -0.2) is 0 Å². The van der Waals surface area contributed by atoms with Crippen molar-refractivity contribution < 1.29 is 9.53 Å². The molecule has 126 valence electrons. The largest absolute Gasteiger partial charge is 0.489 e. The first-order valence-corrected chi connectivity index (χ1v) is 8.41. The topological polar surface area (TPSA) is 38.3 Å². The minimum Gasteiger partial charge on any atom is -0.489 e. The molecule has 0 radical (unpaired) electrons. The van der Waals surface area contributed by atoms with Crippen molar-refractivity contribution in [2.45, 2.75) is 20.0 Å². The molecule has 1 N–H and O–H groups in total. The number of anilines is 1. The fourth-order valence-corrected chi connectivity index (χ4v) is 2.47. The van der Waals surface area contributed by atoms with Crippen molar-refractivity contribution in [3.63, 3.8) is 0 Å². The Kier molecular flexibility index (Phi) is 5.47. The van der Waals surface area contributed by atoms with E-state index in [0.29, 0.717) is 12.2 Å². The predicted octanol–water partition coefficient (Wildman–Crippen LogP) is 5.08. The van der Waals surface area contributed by atoms with Gasteiger partial charge in [-0.2, -0.15) is 0 Å². The molecule has 0 aliphatic rings. The van der Waals surface area contributed by atoms with Crippen molar-refractivity contribution in [2.24, 2.45) is 0 Å². The highest BCUT2D eigenvalue weighted by Gasteiger charge is 2.06. The second kappa shape index (κ2) is 8.15. The Labute approximate surface area is 148 Å². The third-order valence-electron chi connectivity index (χ3n) is 3.98. The Balaban J connectivity index is 1.58. The first kappa shape index (κ1) is 16.8. The van der Waals surface area contributed by atoms with Crippen LogP contribution in [0.5, 0.6) is 5.75 Å². The fraction of sp³-hybridized carbons (Fsp3) is 0.136. The van der Waals surface area contributed by atoms with Crippen LogP contribution >= 0.6 is 0 Å². The van der Waals surface area contributed by atoms with Gasteiger partial charge in [0.1, 0.15) is 12.4 Å². The minimum atomic E-state index is -0.126. The maximum atomic E-state index is 12.3. The zero-order valence-corrected chi connectivity index (χ0v) is 14.2. The molecule has 0 aliphatic heterocycles. The number of ether oxygens (including phenoxy) is 1. The van der Waals surface area contributed by atoms with Gasteiger partial charge in [-0.05, 0) is 53.9 Å². The normalized spacial score (nSPS) is 10.3. The summed E-state index contributed by atoms with van der Waals surface area (Å²) in [6.45, 7) is 2.62. The third kappa shape index (κ3) is 4.70. The number of hydrogen-bond acceptors (Lipinski definition) is 2. The molecule has 0 aliphatic carbocycles. The van der Waals surface area contributed by atoms with Crippen LogP contribution in [-0.2, 0) is 13.0 Å². The number of amides is 1. The van der Waals surface area contributed by atoms with E-state index in [4.69, 9.17) is 4.74 Å². The van der Waals surface area contributed by atoms with Crippen LogP contribution < -0.4 is 10.1 Å². The lowest BCUT2D eigenvalue weighted by atomic mass is 10.1. The van der Waals surface area contributed by atoms with Crippen LogP contribution in [0.25, 0.3) is 0 Å². The molecular weight excluding hydrogens is 310 g/mol. The maximum absolute atomic E-state index is 12.3. The molecular formula is C22H21NO2. The molecule has 0 spiro atoms. The van der Waals surface area contributed by atoms with Crippen molar-refractivity contribution in [3.8, 4) is 5.75 Å². The lowest BCUT2D eigenvalue weighted by Gasteiger charge is -2.08. The van der Waals surface area contributed by atoms with Gasteiger partial charge in [0, 0.05) is 11.3 Å². The average molecular weight is 331 g/mol. The molecule has 0 unspecified atom stereocenters. The van der Waals surface area contributed by atoms with E-state index in [2.05, 4.69) is 12.2 Å². The quantitative estimate of drug-likeness (QED) is 0.684. The second-order valence-corrected chi connectivity index (χ2v) is 5.80. The van der Waals surface area contributed by atoms with E-state index in [1.807, 2.05) is 66.7 Å². The number of carbonyl (C=O) groups is 1. The van der Waals surface area contributed by atoms with Crippen LogP contribution in [0.3, 0.4) is 0 Å². The van der Waals surface area contributed by atoms with Crippen LogP contribution in [0.4, 0.5) is 5.69 Å². The van der Waals surface area contributed by atoms with Crippen molar-refractivity contribution >= 4 is 11.6 Å². The first-order valence-electron chi connectivity index (χ1n) is 8.41. The van der Waals surface area contributed by atoms with Gasteiger partial charge in [0.05, 0.1) is 0 Å². The predicted molar refractivity (Wildman–Crippen MR) is 101 cm³/mol. The van der Waals surface area contributed by atoms with E-state index >= 15 is 0 Å². The summed E-state index contributed by atoms with van der Waals surface area (Å²) in [4.78, 5) is 12.3. The molecule has 0 saturated heterocycles. The molecule has 1 amide bonds. The summed E-state index contributed by atoms with van der Waals surface area (Å²) in [5, 5.41) is 2.91. The lowest BCUT2D eigenvalue weighted by molar-refractivity contribution is 0.102. The SMILES string of the molecule is CCc1ccc(NC(=O)c2ccc(OCc3ccccc3)cc2)cc1. The number of nitrogens with one attached hydrogen (secondary N) is 1. The Bertz CT molecular complexity index is 809. The summed E-state index contributed by atoms with van der Waals surface area (Å²) >= 11 is 0. The van der Waals surface area contributed by atoms with Crippen molar-refractivity contribution in [3.05, 3.63) is 95.6 Å². The zero-order valence-electron chi connectivity index (χ0n) is 14.2. The lowest BCUT2D eigenvalue weighted by Crippen LogP contribution is -2.11. The Morgan fingerprint density at radius 3 is 2.16 bits per heavy atom. The maximum Gasteiger partial charge on any atom is 0.255 e. The first-order chi connectivity index (χ1) is 12.2. The van der Waals surface area contributed by atoms with Crippen LogP contribution in [0.1, 0.15) is 28.4 Å². The van der Waals surface area contributed by atoms with E-state index in [1.165, 1.54) is 5.56 Å². The molecule has 3 heteroatoms. The molecule has 0 atom stereocenters. The second-order valence-electron chi connectivity index (χ2n) is 5.80. The summed E-state index contributed by atoms with van der Waals surface area (Å²) in [6, 6.07) is 25.1. The number of hydrogen-bond donors (Lipinski definition) is 1. The van der Waals surface area contributed by atoms with Gasteiger partial charge in [0.25, 0.3) is 5.91 Å². The number of carbonyl (C=O) groups excluding carboxylic acids is 1. The van der Waals surface area contributed by atoms with E-state index < -0.39 is 0 Å². The highest BCUT2D eigenvalue weighted by atomic mass is 16.5. The van der Waals surface area contributed by atoms with Gasteiger partial charge in [-0.3, -0.25) is 4.79 Å². The molecule has 0 heterocycles. The number of aryl methyl sites for hydroxylation is 1. The van der Waals surface area contributed by atoms with Gasteiger partial charge in [-0.1, -0.05) is 49.4 Å². The number of rotatable bonds is 6. The summed E-state index contributed by atoms with van der Waals surface area (Å²) in [5.41, 5.74) is 3.76. The van der Waals surface area contributed by atoms with E-state index in [0.717, 1.165) is 23.4 Å². The molecule has 0 aromatic heterocycles. The smallest absolute Gasteiger partial charge is 0.255 e. The average Bonchev–Trinajstić information content (AvgIpc) is 2.68. The fourth-order valence-electron chi connectivity index (χ4n) is 2.47. The van der Waals surface area contributed by atoms with Crippen molar-refractivity contribution in [2.75, 3.05) is 5.32 Å². The van der Waals surface area contributed by atoms with Crippen LogP contribution in [-0.4, -0.2) is 5.91 Å². The third-order valence-corrected chi connectivity index (χ3v) is 3.98. The molecule has 3 rings (SSSR count). The van der Waals surface area contributed by atoms with Gasteiger partial charge in [0.15, 0.2) is 0 Å². The molecule has 25 heavy (non-hydrogen) atoms. The van der Waals surface area contributed by atoms with Gasteiger partial charge >= 0.3 is 0 Å². The Morgan fingerprint density at radius 1 is 0.840 bits per heavy atom. The summed E-state index contributed by atoms with van der Waals surface area (Å²) < 4.78 is 5.74. The molecule has 0 fully saturated rings. The highest BCUT2D eigenvalue weighted by molar-refractivity contribution is 6.04. The number of benzene rings is 3. The van der Waals surface area contributed by atoms with E-state index in [1.54, 1.807) is 12.1 Å². The molecule has 3 aromatic carbocycles. The van der Waals surface area contributed by atoms with Crippen LogP contribution in [0, 0.1) is 0 Å². The molecule has 0 saturated carbocycles. The summed E-state index contributed by atoms with van der Waals surface area (Å²) in [5.74, 6) is 0.617. The standard InChI is InChI=1S/C22H21NO2/c1-2-17-8-12-20(13-9-17)23-22(24)19-10-14-21(15-11-19)25-16-18-6-4-3-5-7-18/h3-15H,2,16H2,1H3,(H,23,24). The van der Waals surface area contributed by atoms with Gasteiger partial charge < -0.3 is 10.1 Å². The monoisotopic (exact) mass is 331 g/mol. The minimum absolute atomic E-state index is 0.126. The summed E-state index contributed by atoms with van der Waals surface area (Å²) in [6.07, 6.45) is 0.985. The van der Waals surface area contributed by atoms with Crippen molar-refractivity contribution in [1.29, 1.82) is 0 Å². The zero-order chi connectivity index (χ0) is 17.5. The molecule has 0 bridgehead atoms. The molecule has 3 aromatic rings. The Hall–Kier alpha value is -3.07. The van der Waals surface area contributed by atoms with Gasteiger partial charge in [-0.15, -0.1) is 0 Å². The van der Waals surface area contributed by atoms with Crippen LogP contribution in [0.15, 0.2) is 78.9 Å². The Morgan fingerprint density at radius 2 is 1.52 bits per heavy atom. The van der Waals surface area contributed by atoms with Crippen molar-refractivity contribution in [1.82, 2.24) is 0 Å². The van der Waals surface area contributed by atoms with E-state index in [-0.39, 0.29) is 5.91 Å². The summed E-state index contributed by atoms with van der Waals surface area (Å²) in [7, 11) is 0. The van der Waals surface area contributed by atoms with E-state index in [9.17, 15) is 4.79 Å². The van der Waals surface area contributed by atoms with Gasteiger partial charge in [0.2, 0.25) is 0 Å².